The molecule has 1 N–H and O–H groups in total. The standard InChI is InChI=1S/C24H27N7O4S/c1-15-9-18(13-25-11-15)23-28-29-24(31(23)22-20(34-4)7-6-8-21(22)35-5)30-36(32,33)17(3)10-19-14-26-16(2)12-27-19/h6-9,11-14,17H,10H2,1-5H3,(H,29,30)/t17-/m1/s1. The van der Waals surface area contributed by atoms with Crippen molar-refractivity contribution >= 4 is 16.0 Å². The summed E-state index contributed by atoms with van der Waals surface area (Å²) in [6.45, 7) is 5.32. The predicted molar refractivity (Wildman–Crippen MR) is 135 cm³/mol. The van der Waals surface area contributed by atoms with Gasteiger partial charge in [0.15, 0.2) is 5.82 Å². The van der Waals surface area contributed by atoms with E-state index in [0.29, 0.717) is 34.3 Å². The van der Waals surface area contributed by atoms with Gasteiger partial charge in [-0.2, -0.15) is 0 Å². The van der Waals surface area contributed by atoms with Gasteiger partial charge >= 0.3 is 0 Å². The molecule has 36 heavy (non-hydrogen) atoms. The highest BCUT2D eigenvalue weighted by Crippen LogP contribution is 2.37. The Morgan fingerprint density at radius 1 is 1.00 bits per heavy atom. The van der Waals surface area contributed by atoms with E-state index < -0.39 is 15.3 Å². The monoisotopic (exact) mass is 509 g/mol. The molecule has 0 unspecified atom stereocenters. The molecule has 0 aliphatic carbocycles. The van der Waals surface area contributed by atoms with Gasteiger partial charge in [-0.15, -0.1) is 10.2 Å². The molecule has 4 aromatic rings. The van der Waals surface area contributed by atoms with Crippen molar-refractivity contribution in [3.63, 3.8) is 0 Å². The average molecular weight is 510 g/mol. The van der Waals surface area contributed by atoms with Gasteiger partial charge in [0.25, 0.3) is 0 Å². The highest BCUT2D eigenvalue weighted by atomic mass is 32.2. The van der Waals surface area contributed by atoms with Gasteiger partial charge in [0.2, 0.25) is 16.0 Å². The van der Waals surface area contributed by atoms with E-state index in [1.165, 1.54) is 14.2 Å². The number of ether oxygens (including phenoxy) is 2. The largest absolute Gasteiger partial charge is 0.494 e. The molecule has 0 aliphatic rings. The summed E-state index contributed by atoms with van der Waals surface area (Å²) >= 11 is 0. The maximum Gasteiger partial charge on any atom is 0.243 e. The van der Waals surface area contributed by atoms with Crippen molar-refractivity contribution in [2.75, 3.05) is 18.9 Å². The van der Waals surface area contributed by atoms with Crippen LogP contribution in [0.5, 0.6) is 11.5 Å². The summed E-state index contributed by atoms with van der Waals surface area (Å²) < 4.78 is 42.0. The Morgan fingerprint density at radius 2 is 1.72 bits per heavy atom. The first-order chi connectivity index (χ1) is 17.2. The predicted octanol–water partition coefficient (Wildman–Crippen LogP) is 3.13. The molecule has 0 bridgehead atoms. The third-order valence-electron chi connectivity index (χ3n) is 5.52. The molecule has 0 saturated carbocycles. The highest BCUT2D eigenvalue weighted by Gasteiger charge is 2.28. The van der Waals surface area contributed by atoms with Crippen molar-refractivity contribution in [1.82, 2.24) is 29.7 Å². The van der Waals surface area contributed by atoms with E-state index in [-0.39, 0.29) is 12.4 Å². The van der Waals surface area contributed by atoms with E-state index in [1.807, 2.05) is 19.9 Å². The fourth-order valence-corrected chi connectivity index (χ4v) is 4.61. The maximum atomic E-state index is 13.3. The first kappa shape index (κ1) is 25.0. The first-order valence-corrected chi connectivity index (χ1v) is 12.7. The smallest absolute Gasteiger partial charge is 0.243 e. The number of pyridine rings is 1. The number of hydrogen-bond acceptors (Lipinski definition) is 9. The van der Waals surface area contributed by atoms with Crippen LogP contribution in [0.3, 0.4) is 0 Å². The van der Waals surface area contributed by atoms with Crippen LogP contribution in [0.1, 0.15) is 23.9 Å². The lowest BCUT2D eigenvalue weighted by Gasteiger charge is -2.19. The summed E-state index contributed by atoms with van der Waals surface area (Å²) in [5, 5.41) is 7.67. The Labute approximate surface area is 209 Å². The molecule has 12 heteroatoms. The lowest BCUT2D eigenvalue weighted by molar-refractivity contribution is 0.391. The van der Waals surface area contributed by atoms with E-state index in [2.05, 4.69) is 29.9 Å². The summed E-state index contributed by atoms with van der Waals surface area (Å²) in [6, 6.07) is 7.14. The number of aromatic nitrogens is 6. The third kappa shape index (κ3) is 5.13. The molecule has 188 valence electrons. The number of sulfonamides is 1. The molecule has 0 amide bonds. The molecular weight excluding hydrogens is 482 g/mol. The van der Waals surface area contributed by atoms with E-state index >= 15 is 0 Å². The Bertz CT molecular complexity index is 1450. The number of rotatable bonds is 9. The van der Waals surface area contributed by atoms with E-state index in [0.717, 1.165) is 11.3 Å². The average Bonchev–Trinajstić information content (AvgIpc) is 3.27. The molecule has 4 rings (SSSR count). The number of methoxy groups -OCH3 is 2. The number of para-hydroxylation sites is 1. The fourth-order valence-electron chi connectivity index (χ4n) is 3.64. The van der Waals surface area contributed by atoms with Crippen LogP contribution < -0.4 is 14.2 Å². The summed E-state index contributed by atoms with van der Waals surface area (Å²) in [4.78, 5) is 12.7. The van der Waals surface area contributed by atoms with Crippen molar-refractivity contribution < 1.29 is 17.9 Å². The van der Waals surface area contributed by atoms with Gasteiger partial charge in [-0.3, -0.25) is 24.2 Å². The van der Waals surface area contributed by atoms with Gasteiger partial charge in [-0.1, -0.05) is 6.07 Å². The molecule has 0 saturated heterocycles. The number of nitrogens with one attached hydrogen (secondary N) is 1. The number of benzene rings is 1. The van der Waals surface area contributed by atoms with Gasteiger partial charge in [-0.05, 0) is 44.5 Å². The van der Waals surface area contributed by atoms with Crippen molar-refractivity contribution in [2.24, 2.45) is 0 Å². The number of anilines is 1. The number of nitrogens with zero attached hydrogens (tertiary/aromatic N) is 6. The van der Waals surface area contributed by atoms with Gasteiger partial charge in [0.1, 0.15) is 17.2 Å². The van der Waals surface area contributed by atoms with Crippen LogP contribution in [-0.4, -0.2) is 57.6 Å². The Morgan fingerprint density at radius 3 is 2.33 bits per heavy atom. The molecule has 3 aromatic heterocycles. The summed E-state index contributed by atoms with van der Waals surface area (Å²) in [5.74, 6) is 1.23. The Hall–Kier alpha value is -4.06. The molecule has 0 radical (unpaired) electrons. The number of hydrogen-bond donors (Lipinski definition) is 1. The van der Waals surface area contributed by atoms with Crippen LogP contribution in [0.15, 0.2) is 49.1 Å². The van der Waals surface area contributed by atoms with Crippen molar-refractivity contribution in [2.45, 2.75) is 32.4 Å². The van der Waals surface area contributed by atoms with Crippen LogP contribution in [-0.2, 0) is 16.4 Å². The van der Waals surface area contributed by atoms with Gasteiger partial charge in [0.05, 0.1) is 30.9 Å². The topological polar surface area (TPSA) is 134 Å². The third-order valence-corrected chi connectivity index (χ3v) is 7.21. The highest BCUT2D eigenvalue weighted by molar-refractivity contribution is 7.93. The van der Waals surface area contributed by atoms with Gasteiger partial charge < -0.3 is 9.47 Å². The molecule has 1 aromatic carbocycles. The van der Waals surface area contributed by atoms with Crippen LogP contribution in [0.25, 0.3) is 17.1 Å². The number of aryl methyl sites for hydroxylation is 2. The second-order valence-electron chi connectivity index (χ2n) is 8.26. The Kier molecular flexibility index (Phi) is 7.15. The van der Waals surface area contributed by atoms with Crippen LogP contribution >= 0.6 is 0 Å². The fraction of sp³-hybridized carbons (Fsp3) is 0.292. The van der Waals surface area contributed by atoms with E-state index in [4.69, 9.17) is 9.47 Å². The zero-order valence-electron chi connectivity index (χ0n) is 20.6. The molecule has 0 aliphatic heterocycles. The maximum absolute atomic E-state index is 13.3. The van der Waals surface area contributed by atoms with Gasteiger partial charge in [-0.25, -0.2) is 8.42 Å². The summed E-state index contributed by atoms with van der Waals surface area (Å²) in [7, 11) is -0.869. The second kappa shape index (κ2) is 10.3. The molecule has 0 spiro atoms. The van der Waals surface area contributed by atoms with Gasteiger partial charge in [0, 0.05) is 36.8 Å². The van der Waals surface area contributed by atoms with Crippen molar-refractivity contribution in [3.8, 4) is 28.6 Å². The van der Waals surface area contributed by atoms with Crippen molar-refractivity contribution in [3.05, 3.63) is 66.0 Å². The minimum atomic E-state index is -3.91. The zero-order valence-corrected chi connectivity index (χ0v) is 21.4. The Balaban J connectivity index is 1.81. The summed E-state index contributed by atoms with van der Waals surface area (Å²) in [5.41, 5.74) is 3.31. The molecule has 3 heterocycles. The van der Waals surface area contributed by atoms with Crippen LogP contribution in [0.4, 0.5) is 5.95 Å². The molecule has 11 nitrogen and oxygen atoms in total. The zero-order chi connectivity index (χ0) is 25.9. The summed E-state index contributed by atoms with van der Waals surface area (Å²) in [6.07, 6.45) is 6.70. The van der Waals surface area contributed by atoms with E-state index in [1.54, 1.807) is 54.5 Å². The first-order valence-electron chi connectivity index (χ1n) is 11.1. The molecule has 0 fully saturated rings. The normalized spacial score (nSPS) is 12.2. The quantitative estimate of drug-likeness (QED) is 0.361. The van der Waals surface area contributed by atoms with Crippen LogP contribution in [0.2, 0.25) is 0 Å². The second-order valence-corrected chi connectivity index (χ2v) is 10.4. The van der Waals surface area contributed by atoms with Crippen LogP contribution in [0, 0.1) is 13.8 Å². The molecular formula is C24H27N7O4S. The molecule has 1 atom stereocenters. The lowest BCUT2D eigenvalue weighted by atomic mass is 10.2. The minimum Gasteiger partial charge on any atom is -0.494 e. The minimum absolute atomic E-state index is 0.0175. The lowest BCUT2D eigenvalue weighted by Crippen LogP contribution is -2.29. The van der Waals surface area contributed by atoms with Crippen molar-refractivity contribution in [1.29, 1.82) is 0 Å². The van der Waals surface area contributed by atoms with E-state index in [9.17, 15) is 8.42 Å². The SMILES string of the molecule is COc1cccc(OC)c1-n1c(NS(=O)(=O)[C@H](C)Cc2cnc(C)cn2)nnc1-c1cncc(C)c1.